The average molecular weight is 356 g/mol. The number of hydrogen-bond donors (Lipinski definition) is 1. The highest BCUT2D eigenvalue weighted by Gasteiger charge is 2.20. The summed E-state index contributed by atoms with van der Waals surface area (Å²) in [6.45, 7) is 0. The zero-order valence-electron chi connectivity index (χ0n) is 14.3. The molecule has 1 heterocycles. The molecular weight excluding hydrogens is 340 g/mol. The highest BCUT2D eigenvalue weighted by Crippen LogP contribution is 2.28. The number of nitriles is 1. The number of rotatable bonds is 5. The van der Waals surface area contributed by atoms with E-state index in [-0.39, 0.29) is 6.10 Å². The lowest BCUT2D eigenvalue weighted by molar-refractivity contribution is 0.0273. The van der Waals surface area contributed by atoms with E-state index < -0.39 is 0 Å². The molecule has 0 amide bonds. The summed E-state index contributed by atoms with van der Waals surface area (Å²) in [4.78, 5) is 5.57. The molecule has 0 bridgehead atoms. The van der Waals surface area contributed by atoms with Gasteiger partial charge in [-0.25, -0.2) is 5.48 Å². The van der Waals surface area contributed by atoms with Crippen molar-refractivity contribution in [3.05, 3.63) is 102 Å². The van der Waals surface area contributed by atoms with Crippen LogP contribution in [0.4, 0.5) is 0 Å². The Morgan fingerprint density at radius 1 is 0.815 bits per heavy atom. The second kappa shape index (κ2) is 7.65. The van der Waals surface area contributed by atoms with Gasteiger partial charge < -0.3 is 9.47 Å². The van der Waals surface area contributed by atoms with E-state index in [4.69, 9.17) is 19.6 Å². The smallest absolute Gasteiger partial charge is 0.216 e. The quantitative estimate of drug-likeness (QED) is 0.708. The van der Waals surface area contributed by atoms with E-state index in [1.807, 2.05) is 60.7 Å². The first-order valence-corrected chi connectivity index (χ1v) is 8.44. The molecule has 3 aromatic rings. The van der Waals surface area contributed by atoms with Gasteiger partial charge in [-0.2, -0.15) is 5.26 Å². The molecule has 0 aromatic heterocycles. The van der Waals surface area contributed by atoms with Crippen LogP contribution in [0.3, 0.4) is 0 Å². The maximum absolute atomic E-state index is 8.96. The molecule has 5 nitrogen and oxygen atoms in total. The Morgan fingerprint density at radius 3 is 2.33 bits per heavy atom. The van der Waals surface area contributed by atoms with Gasteiger partial charge in [-0.15, -0.1) is 0 Å². The van der Waals surface area contributed by atoms with Gasteiger partial charge in [-0.05, 0) is 48.0 Å². The molecule has 1 aliphatic rings. The summed E-state index contributed by atoms with van der Waals surface area (Å²) in [5, 5.41) is 8.96. The standard InChI is InChI=1S/C22H16N2O3/c23-15-16-5-4-8-20(13-16)26-22-14-21(27-24-22)17-9-11-19(12-10-17)25-18-6-2-1-3-7-18/h1-14,21,24H. The number of nitrogens with zero attached hydrogens (tertiary/aromatic N) is 1. The van der Waals surface area contributed by atoms with E-state index in [9.17, 15) is 0 Å². The van der Waals surface area contributed by atoms with Crippen LogP contribution in [0.2, 0.25) is 0 Å². The van der Waals surface area contributed by atoms with Crippen LogP contribution in [-0.2, 0) is 4.84 Å². The van der Waals surface area contributed by atoms with Gasteiger partial charge in [0.15, 0.2) is 0 Å². The van der Waals surface area contributed by atoms with Crippen molar-refractivity contribution in [1.29, 1.82) is 5.26 Å². The van der Waals surface area contributed by atoms with E-state index >= 15 is 0 Å². The Hall–Kier alpha value is -3.75. The molecule has 0 spiro atoms. The highest BCUT2D eigenvalue weighted by atomic mass is 16.7. The fraction of sp³-hybridized carbons (Fsp3) is 0.0455. The Labute approximate surface area is 157 Å². The first-order chi connectivity index (χ1) is 13.3. The molecule has 1 unspecified atom stereocenters. The molecule has 0 saturated carbocycles. The van der Waals surface area contributed by atoms with Crippen LogP contribution in [0.15, 0.2) is 90.8 Å². The van der Waals surface area contributed by atoms with Gasteiger partial charge >= 0.3 is 0 Å². The summed E-state index contributed by atoms with van der Waals surface area (Å²) >= 11 is 0. The third-order valence-electron chi connectivity index (χ3n) is 3.97. The zero-order valence-corrected chi connectivity index (χ0v) is 14.3. The SMILES string of the molecule is N#Cc1cccc(OC2=CC(c3ccc(Oc4ccccc4)cc3)ON2)c1. The Balaban J connectivity index is 1.42. The molecule has 3 aromatic carbocycles. The molecule has 0 radical (unpaired) electrons. The van der Waals surface area contributed by atoms with Gasteiger partial charge in [-0.1, -0.05) is 36.4 Å². The lowest BCUT2D eigenvalue weighted by Gasteiger charge is -2.09. The Morgan fingerprint density at radius 2 is 1.56 bits per heavy atom. The minimum atomic E-state index is -0.273. The molecule has 4 rings (SSSR count). The number of benzene rings is 3. The number of hydrogen-bond acceptors (Lipinski definition) is 5. The van der Waals surface area contributed by atoms with Crippen LogP contribution in [-0.4, -0.2) is 0 Å². The minimum Gasteiger partial charge on any atom is -0.457 e. The van der Waals surface area contributed by atoms with Gasteiger partial charge in [0, 0.05) is 6.08 Å². The molecule has 5 heteroatoms. The average Bonchev–Trinajstić information content (AvgIpc) is 3.18. The molecule has 0 fully saturated rings. The Bertz CT molecular complexity index is 992. The van der Waals surface area contributed by atoms with Crippen molar-refractivity contribution in [3.8, 4) is 23.3 Å². The summed E-state index contributed by atoms with van der Waals surface area (Å²) in [5.41, 5.74) is 4.27. The van der Waals surface area contributed by atoms with Crippen LogP contribution in [0, 0.1) is 11.3 Å². The van der Waals surface area contributed by atoms with Crippen molar-refractivity contribution in [1.82, 2.24) is 5.48 Å². The van der Waals surface area contributed by atoms with Crippen molar-refractivity contribution in [2.75, 3.05) is 0 Å². The van der Waals surface area contributed by atoms with Crippen molar-refractivity contribution >= 4 is 0 Å². The van der Waals surface area contributed by atoms with Gasteiger partial charge in [0.2, 0.25) is 5.88 Å². The fourth-order valence-corrected chi connectivity index (χ4v) is 2.65. The molecule has 1 N–H and O–H groups in total. The highest BCUT2D eigenvalue weighted by molar-refractivity contribution is 5.38. The number of nitrogens with one attached hydrogen (secondary N) is 1. The van der Waals surface area contributed by atoms with E-state index in [1.165, 1.54) is 0 Å². The lowest BCUT2D eigenvalue weighted by atomic mass is 10.1. The number of para-hydroxylation sites is 1. The van der Waals surface area contributed by atoms with Crippen LogP contribution in [0.5, 0.6) is 17.2 Å². The van der Waals surface area contributed by atoms with E-state index in [0.717, 1.165) is 17.1 Å². The monoisotopic (exact) mass is 356 g/mol. The van der Waals surface area contributed by atoms with E-state index in [1.54, 1.807) is 24.3 Å². The van der Waals surface area contributed by atoms with Crippen molar-refractivity contribution < 1.29 is 14.3 Å². The molecule has 1 atom stereocenters. The lowest BCUT2D eigenvalue weighted by Crippen LogP contribution is -2.12. The predicted octanol–water partition coefficient (Wildman–Crippen LogP) is 4.85. The van der Waals surface area contributed by atoms with Crippen molar-refractivity contribution in [2.45, 2.75) is 6.10 Å². The second-order valence-electron chi connectivity index (χ2n) is 5.90. The van der Waals surface area contributed by atoms with Crippen molar-refractivity contribution in [2.24, 2.45) is 0 Å². The summed E-state index contributed by atoms with van der Waals surface area (Å²) in [6, 6.07) is 26.3. The topological polar surface area (TPSA) is 63.5 Å². The maximum Gasteiger partial charge on any atom is 0.216 e. The fourth-order valence-electron chi connectivity index (χ4n) is 2.65. The summed E-state index contributed by atoms with van der Waals surface area (Å²) in [7, 11) is 0. The summed E-state index contributed by atoms with van der Waals surface area (Å²) < 4.78 is 11.5. The van der Waals surface area contributed by atoms with Crippen LogP contribution in [0.25, 0.3) is 0 Å². The molecule has 132 valence electrons. The number of hydroxylamine groups is 1. The molecular formula is C22H16N2O3. The third-order valence-corrected chi connectivity index (χ3v) is 3.97. The maximum atomic E-state index is 8.96. The van der Waals surface area contributed by atoms with Crippen molar-refractivity contribution in [3.63, 3.8) is 0 Å². The first kappa shape index (κ1) is 16.7. The Kier molecular flexibility index (Phi) is 4.73. The normalized spacial score (nSPS) is 15.4. The van der Waals surface area contributed by atoms with Gasteiger partial charge in [-0.3, -0.25) is 4.84 Å². The second-order valence-corrected chi connectivity index (χ2v) is 5.90. The minimum absolute atomic E-state index is 0.273. The molecule has 1 aliphatic heterocycles. The van der Waals surface area contributed by atoms with Gasteiger partial charge in [0.1, 0.15) is 23.4 Å². The van der Waals surface area contributed by atoms with Gasteiger partial charge in [0.25, 0.3) is 0 Å². The zero-order chi connectivity index (χ0) is 18.5. The van der Waals surface area contributed by atoms with Crippen LogP contribution >= 0.6 is 0 Å². The molecule has 27 heavy (non-hydrogen) atoms. The molecule has 0 saturated heterocycles. The van der Waals surface area contributed by atoms with Crippen LogP contribution in [0.1, 0.15) is 17.2 Å². The molecule has 0 aliphatic carbocycles. The van der Waals surface area contributed by atoms with E-state index in [2.05, 4.69) is 11.5 Å². The third kappa shape index (κ3) is 4.09. The number of ether oxygens (including phenoxy) is 2. The van der Waals surface area contributed by atoms with E-state index in [0.29, 0.717) is 17.2 Å². The summed E-state index contributed by atoms with van der Waals surface area (Å²) in [6.07, 6.45) is 1.57. The van der Waals surface area contributed by atoms with Gasteiger partial charge in [0.05, 0.1) is 11.6 Å². The predicted molar refractivity (Wildman–Crippen MR) is 99.8 cm³/mol. The van der Waals surface area contributed by atoms with Crippen LogP contribution < -0.4 is 15.0 Å². The largest absolute Gasteiger partial charge is 0.457 e. The summed E-state index contributed by atoms with van der Waals surface area (Å²) in [5.74, 6) is 2.60. The first-order valence-electron chi connectivity index (χ1n) is 8.44.